The van der Waals surface area contributed by atoms with Crippen molar-refractivity contribution in [1.82, 2.24) is 10.2 Å². The van der Waals surface area contributed by atoms with Crippen LogP contribution >= 0.6 is 0 Å². The number of hydrogen-bond donors (Lipinski definition) is 2. The van der Waals surface area contributed by atoms with Gasteiger partial charge >= 0.3 is 18.4 Å². The van der Waals surface area contributed by atoms with Crippen LogP contribution in [0.1, 0.15) is 62.3 Å². The summed E-state index contributed by atoms with van der Waals surface area (Å²) in [6.45, 7) is 30.7. The van der Waals surface area contributed by atoms with E-state index in [2.05, 4.69) is 36.0 Å². The first-order chi connectivity index (χ1) is 41.1. The van der Waals surface area contributed by atoms with Gasteiger partial charge in [-0.15, -0.1) is 6.42 Å². The number of carbonyl (C=O) groups is 5. The molecule has 0 bridgehead atoms. The Kier molecular flexibility index (Phi) is 60.2. The standard InChI is InChI=1S/C21H42N4O9.C16H34N4O7.C10H18O5.C7H5NO2/c1-21(2,3)34-20(26)23-4-6-27-8-10-29-12-14-31-16-18-33-19-17-32-15-13-30-11-9-28-7-5-24-25-22;17-1-3-21-5-7-23-9-11-25-13-15-27-16-14-26-12-10-24-8-6-22-4-2-19-20-18;1-9(2,3)14-7(11)13-8(12)15-10(4,5)6;1-2-5-8-6(9)3-4-7(8)10/h4-19H2,1-3H3,(H,23,26);1-17H2;1-6H3;1,3-4H,5H2. The molecule has 86 heavy (non-hydrogen) atoms. The van der Waals surface area contributed by atoms with Crippen molar-refractivity contribution in [1.29, 1.82) is 0 Å². The number of alkyl carbamates (subject to hydrolysis) is 1. The van der Waals surface area contributed by atoms with E-state index in [1.807, 2.05) is 20.8 Å². The summed E-state index contributed by atoms with van der Waals surface area (Å²) in [5, 5.41) is 9.33. The third-order valence-electron chi connectivity index (χ3n) is 8.53. The second kappa shape index (κ2) is 61.1. The van der Waals surface area contributed by atoms with Crippen molar-refractivity contribution < 1.29 is 109 Å². The summed E-state index contributed by atoms with van der Waals surface area (Å²) in [6.07, 6.45) is 4.75. The Morgan fingerprint density at radius 3 is 0.965 bits per heavy atom. The van der Waals surface area contributed by atoms with Crippen molar-refractivity contribution >= 4 is 30.2 Å². The van der Waals surface area contributed by atoms with Gasteiger partial charge < -0.3 is 96.3 Å². The highest BCUT2D eigenvalue weighted by atomic mass is 16.8. The Morgan fingerprint density at radius 2 is 0.721 bits per heavy atom. The molecule has 32 nitrogen and oxygen atoms in total. The molecule has 32 heteroatoms. The largest absolute Gasteiger partial charge is 0.519 e. The third-order valence-corrected chi connectivity index (χ3v) is 8.53. The van der Waals surface area contributed by atoms with E-state index in [9.17, 15) is 24.0 Å². The average molecular weight is 1240 g/mol. The molecule has 498 valence electrons. The van der Waals surface area contributed by atoms with Crippen LogP contribution in [-0.2, 0) is 94.9 Å². The number of nitrogens with two attached hydrogens (primary N) is 1. The molecule has 0 saturated heterocycles. The molecule has 0 spiro atoms. The monoisotopic (exact) mass is 1240 g/mol. The van der Waals surface area contributed by atoms with E-state index in [1.165, 1.54) is 12.2 Å². The molecule has 0 aromatic rings. The minimum absolute atomic E-state index is 0.0602. The smallest absolute Gasteiger partial charge is 0.444 e. The number of rotatable bonds is 48. The molecular weight excluding hydrogens is 1140 g/mol. The second-order valence-corrected chi connectivity index (χ2v) is 19.5. The van der Waals surface area contributed by atoms with E-state index < -0.39 is 35.2 Å². The zero-order valence-corrected chi connectivity index (χ0v) is 52.2. The van der Waals surface area contributed by atoms with Gasteiger partial charge in [0.1, 0.15) is 16.8 Å². The average Bonchev–Trinajstić information content (AvgIpc) is 4.04. The predicted octanol–water partition coefficient (Wildman–Crippen LogP) is 4.73. The zero-order valence-electron chi connectivity index (χ0n) is 52.2. The lowest BCUT2D eigenvalue weighted by molar-refractivity contribution is -0.136. The number of nitrogens with zero attached hydrogens (tertiary/aromatic N) is 7. The molecular formula is C54H99N9O23. The molecule has 0 radical (unpaired) electrons. The van der Waals surface area contributed by atoms with Crippen LogP contribution in [0.15, 0.2) is 22.4 Å². The maximum atomic E-state index is 11.4. The number of imide groups is 1. The molecule has 3 N–H and O–H groups in total. The Balaban J connectivity index is -0.00000117. The van der Waals surface area contributed by atoms with Gasteiger partial charge in [0.2, 0.25) is 0 Å². The first kappa shape index (κ1) is 84.7. The Hall–Kier alpha value is -5.53. The van der Waals surface area contributed by atoms with Gasteiger partial charge in [0.25, 0.3) is 11.8 Å². The summed E-state index contributed by atoms with van der Waals surface area (Å²) in [6, 6.07) is 0. The number of ether oxygens (including phenoxy) is 18. The van der Waals surface area contributed by atoms with E-state index in [4.69, 9.17) is 104 Å². The molecule has 1 heterocycles. The lowest BCUT2D eigenvalue weighted by Crippen LogP contribution is -2.34. The number of nitrogens with one attached hydrogen (secondary N) is 1. The highest BCUT2D eigenvalue weighted by Gasteiger charge is 2.25. The van der Waals surface area contributed by atoms with Crippen LogP contribution in [0.3, 0.4) is 0 Å². The quantitative estimate of drug-likeness (QED) is 0.00957. The molecule has 0 saturated carbocycles. The van der Waals surface area contributed by atoms with Gasteiger partial charge in [0, 0.05) is 48.2 Å². The van der Waals surface area contributed by atoms with Crippen molar-refractivity contribution in [3.05, 3.63) is 33.0 Å². The first-order valence-corrected chi connectivity index (χ1v) is 28.0. The molecule has 0 atom stereocenters. The van der Waals surface area contributed by atoms with Crippen LogP contribution in [0.2, 0.25) is 0 Å². The summed E-state index contributed by atoms with van der Waals surface area (Å²) >= 11 is 0. The first-order valence-electron chi connectivity index (χ1n) is 28.0. The lowest BCUT2D eigenvalue weighted by Gasteiger charge is -2.20. The molecule has 1 aliphatic rings. The summed E-state index contributed by atoms with van der Waals surface area (Å²) in [4.78, 5) is 61.1. The number of hydrogen-bond acceptors (Lipinski definition) is 26. The van der Waals surface area contributed by atoms with Gasteiger partial charge in [0.05, 0.1) is 192 Å². The number of amides is 3. The predicted molar refractivity (Wildman–Crippen MR) is 311 cm³/mol. The van der Waals surface area contributed by atoms with Crippen LogP contribution in [0.25, 0.3) is 20.9 Å². The summed E-state index contributed by atoms with van der Waals surface area (Å²) in [7, 11) is 0. The van der Waals surface area contributed by atoms with E-state index >= 15 is 0 Å². The summed E-state index contributed by atoms with van der Waals surface area (Å²) in [5.41, 5.74) is 19.6. The van der Waals surface area contributed by atoms with Gasteiger partial charge in [-0.05, 0) is 73.4 Å². The molecule has 0 fully saturated rings. The third kappa shape index (κ3) is 72.7. The van der Waals surface area contributed by atoms with E-state index in [1.54, 1.807) is 41.5 Å². The van der Waals surface area contributed by atoms with E-state index in [0.29, 0.717) is 211 Å². The molecule has 0 aromatic carbocycles. The maximum absolute atomic E-state index is 11.4. The van der Waals surface area contributed by atoms with Crippen LogP contribution in [-0.4, -0.2) is 270 Å². The highest BCUT2D eigenvalue weighted by molar-refractivity contribution is 6.13. The Bertz CT molecular complexity index is 1810. The molecule has 0 unspecified atom stereocenters. The van der Waals surface area contributed by atoms with Crippen LogP contribution < -0.4 is 11.1 Å². The minimum Gasteiger partial charge on any atom is -0.444 e. The van der Waals surface area contributed by atoms with E-state index in [-0.39, 0.29) is 18.4 Å². The van der Waals surface area contributed by atoms with Crippen molar-refractivity contribution in [2.24, 2.45) is 16.0 Å². The molecule has 0 aromatic heterocycles. The molecule has 0 aliphatic carbocycles. The zero-order chi connectivity index (χ0) is 64.7. The van der Waals surface area contributed by atoms with Gasteiger partial charge in [0.15, 0.2) is 0 Å². The SMILES string of the molecule is C#CCN1C(=O)C=CC1=O.CC(C)(C)OC(=O)NCCOCCOCCOCCOCCOCCOCCOCCN=[N+]=[N-].CC(C)(C)OC(=O)OC(=O)OC(C)(C)C.[N-]=[N+]=NCCOCCOCCOCCOCCOCCOCCOCCN. The molecule has 1 aliphatic heterocycles. The van der Waals surface area contributed by atoms with Crippen molar-refractivity contribution in [3.8, 4) is 12.3 Å². The van der Waals surface area contributed by atoms with Gasteiger partial charge in [-0.1, -0.05) is 16.1 Å². The van der Waals surface area contributed by atoms with Crippen LogP contribution in [0, 0.1) is 12.3 Å². The minimum atomic E-state index is -1.06. The van der Waals surface area contributed by atoms with E-state index in [0.717, 1.165) is 4.90 Å². The highest BCUT2D eigenvalue weighted by Crippen LogP contribution is 2.12. The number of terminal acetylenes is 1. The van der Waals surface area contributed by atoms with Gasteiger partial charge in [-0.25, -0.2) is 14.4 Å². The maximum Gasteiger partial charge on any atom is 0.519 e. The van der Waals surface area contributed by atoms with Gasteiger partial charge in [-0.2, -0.15) is 0 Å². The van der Waals surface area contributed by atoms with Crippen LogP contribution in [0.4, 0.5) is 14.4 Å². The molecule has 3 amide bonds. The summed E-state index contributed by atoms with van der Waals surface area (Å²) < 4.78 is 93.5. The van der Waals surface area contributed by atoms with Crippen molar-refractivity contribution in [3.63, 3.8) is 0 Å². The molecule has 1 rings (SSSR count). The second-order valence-electron chi connectivity index (χ2n) is 19.5. The topological polar surface area (TPSA) is 390 Å². The summed E-state index contributed by atoms with van der Waals surface area (Å²) in [5.74, 6) is 1.55. The Morgan fingerprint density at radius 1 is 0.465 bits per heavy atom. The number of azide groups is 2. The fourth-order valence-corrected chi connectivity index (χ4v) is 5.05. The van der Waals surface area contributed by atoms with Gasteiger partial charge in [-0.3, -0.25) is 14.5 Å². The van der Waals surface area contributed by atoms with Crippen LogP contribution in [0.5, 0.6) is 0 Å². The number of carbonyl (C=O) groups excluding carboxylic acids is 5. The van der Waals surface area contributed by atoms with Crippen molar-refractivity contribution in [2.75, 3.05) is 218 Å². The fourth-order valence-electron chi connectivity index (χ4n) is 5.05. The lowest BCUT2D eigenvalue weighted by atomic mass is 10.2. The Labute approximate surface area is 506 Å². The van der Waals surface area contributed by atoms with Crippen molar-refractivity contribution in [2.45, 2.75) is 79.1 Å². The normalized spacial score (nSPS) is 11.8. The fraction of sp³-hybridized carbons (Fsp3) is 0.833.